The molecule has 32 heavy (non-hydrogen) atoms. The number of carbonyl (C=O) groups is 1. The highest BCUT2D eigenvalue weighted by Crippen LogP contribution is 2.46. The number of amides is 1. The highest BCUT2D eigenvalue weighted by atomic mass is 19.1. The van der Waals surface area contributed by atoms with E-state index in [4.69, 9.17) is 4.74 Å². The average Bonchev–Trinajstić information content (AvgIpc) is 2.75. The van der Waals surface area contributed by atoms with E-state index >= 15 is 4.39 Å². The number of benzene rings is 2. The summed E-state index contributed by atoms with van der Waals surface area (Å²) in [6, 6.07) is 9.07. The number of ether oxygens (including phenoxy) is 1. The van der Waals surface area contributed by atoms with Gasteiger partial charge in [-0.2, -0.15) is 5.10 Å². The molecule has 5 rings (SSSR count). The van der Waals surface area contributed by atoms with Gasteiger partial charge in [-0.1, -0.05) is 19.1 Å². The molecule has 2 aromatic rings. The van der Waals surface area contributed by atoms with Crippen molar-refractivity contribution < 1.29 is 13.9 Å². The van der Waals surface area contributed by atoms with Gasteiger partial charge in [-0.05, 0) is 80.6 Å². The van der Waals surface area contributed by atoms with E-state index in [0.29, 0.717) is 23.1 Å². The summed E-state index contributed by atoms with van der Waals surface area (Å²) in [4.78, 5) is 16.6. The molecular weight excluding hydrogens is 407 g/mol. The maximum atomic E-state index is 15.1. The molecule has 3 heterocycles. The van der Waals surface area contributed by atoms with Crippen LogP contribution < -0.4 is 15.1 Å². The number of fused-ring (bicyclic) bond motifs is 3. The molecule has 0 aromatic heterocycles. The number of likely N-dealkylation sites (tertiary alicyclic amines) is 1. The molecule has 1 saturated heterocycles. The Bertz CT molecular complexity index is 1120. The van der Waals surface area contributed by atoms with Gasteiger partial charge in [-0.25, -0.2) is 9.82 Å². The van der Waals surface area contributed by atoms with E-state index in [2.05, 4.69) is 35.5 Å². The Labute approximate surface area is 188 Å². The lowest BCUT2D eigenvalue weighted by Crippen LogP contribution is -2.55. The van der Waals surface area contributed by atoms with E-state index in [-0.39, 0.29) is 24.2 Å². The summed E-state index contributed by atoms with van der Waals surface area (Å²) in [6.07, 6.45) is 0.995. The molecule has 0 spiro atoms. The van der Waals surface area contributed by atoms with Gasteiger partial charge in [0.2, 0.25) is 0 Å². The number of carbonyl (C=O) groups excluding carboxylic acids is 1. The number of nitrogens with one attached hydrogen (secondary N) is 1. The molecule has 0 saturated carbocycles. The number of hydrazone groups is 1. The Hall–Kier alpha value is -2.93. The van der Waals surface area contributed by atoms with Gasteiger partial charge in [0.25, 0.3) is 5.91 Å². The van der Waals surface area contributed by atoms with Gasteiger partial charge >= 0.3 is 0 Å². The fourth-order valence-electron chi connectivity index (χ4n) is 5.28. The first-order chi connectivity index (χ1) is 15.3. The van der Waals surface area contributed by atoms with Crippen molar-refractivity contribution in [2.75, 3.05) is 31.6 Å². The standard InChI is InChI=1S/C25H29FN4O2/c1-14-5-6-18(21(26)9-14)20-11-23-22(10-19(20)17-7-8-29(4)12-15(17)2)30-16(3)25(31)28-27-24(30)13-32-23/h5-6,9-11,15-17H,7-8,12-13H2,1-4H3,(H,28,31). The fourth-order valence-corrected chi connectivity index (χ4v) is 5.28. The van der Waals surface area contributed by atoms with Crippen molar-refractivity contribution in [3.8, 4) is 16.9 Å². The number of halogens is 1. The molecule has 0 bridgehead atoms. The summed E-state index contributed by atoms with van der Waals surface area (Å²) in [6.45, 7) is 8.26. The van der Waals surface area contributed by atoms with Crippen molar-refractivity contribution >= 4 is 17.4 Å². The molecule has 168 valence electrons. The van der Waals surface area contributed by atoms with Crippen LogP contribution in [0.1, 0.15) is 37.3 Å². The third-order valence-corrected chi connectivity index (χ3v) is 7.01. The smallest absolute Gasteiger partial charge is 0.262 e. The second-order valence-corrected chi connectivity index (χ2v) is 9.36. The van der Waals surface area contributed by atoms with Crippen LogP contribution in [0.5, 0.6) is 5.75 Å². The lowest BCUT2D eigenvalue weighted by atomic mass is 9.78. The van der Waals surface area contributed by atoms with E-state index in [1.165, 1.54) is 0 Å². The van der Waals surface area contributed by atoms with Crippen molar-refractivity contribution in [1.29, 1.82) is 0 Å². The number of aryl methyl sites for hydroxylation is 1. The number of rotatable bonds is 2. The average molecular weight is 437 g/mol. The zero-order valence-electron chi connectivity index (χ0n) is 19.0. The predicted molar refractivity (Wildman–Crippen MR) is 124 cm³/mol. The van der Waals surface area contributed by atoms with Crippen molar-refractivity contribution in [2.45, 2.75) is 39.2 Å². The zero-order valence-corrected chi connectivity index (χ0v) is 19.0. The SMILES string of the molecule is Cc1ccc(-c2cc3c(cc2C2CCN(C)CC2C)N2C(=NNC(=O)C2C)CO3)c(F)c1. The lowest BCUT2D eigenvalue weighted by Gasteiger charge is -2.40. The number of anilines is 1. The van der Waals surface area contributed by atoms with Gasteiger partial charge in [0, 0.05) is 12.1 Å². The minimum Gasteiger partial charge on any atom is -0.483 e. The van der Waals surface area contributed by atoms with Crippen LogP contribution in [0.2, 0.25) is 0 Å². The molecule has 1 N–H and O–H groups in total. The summed E-state index contributed by atoms with van der Waals surface area (Å²) in [7, 11) is 2.14. The Balaban J connectivity index is 1.70. The van der Waals surface area contributed by atoms with Crippen LogP contribution in [-0.4, -0.2) is 49.4 Å². The minimum atomic E-state index is -0.394. The van der Waals surface area contributed by atoms with Crippen LogP contribution in [0.25, 0.3) is 11.1 Å². The number of hydrogen-bond acceptors (Lipinski definition) is 5. The maximum Gasteiger partial charge on any atom is 0.262 e. The van der Waals surface area contributed by atoms with Crippen LogP contribution in [0, 0.1) is 18.7 Å². The van der Waals surface area contributed by atoms with Crippen LogP contribution in [0.3, 0.4) is 0 Å². The summed E-state index contributed by atoms with van der Waals surface area (Å²) in [5.41, 5.74) is 6.86. The van der Waals surface area contributed by atoms with E-state index in [1.807, 2.05) is 36.9 Å². The Morgan fingerprint density at radius 3 is 2.75 bits per heavy atom. The van der Waals surface area contributed by atoms with Gasteiger partial charge in [-0.3, -0.25) is 4.79 Å². The van der Waals surface area contributed by atoms with Crippen LogP contribution in [0.4, 0.5) is 10.1 Å². The quantitative estimate of drug-likeness (QED) is 0.776. The van der Waals surface area contributed by atoms with Gasteiger partial charge < -0.3 is 14.5 Å². The molecule has 6 nitrogen and oxygen atoms in total. The first-order valence-electron chi connectivity index (χ1n) is 11.2. The second kappa shape index (κ2) is 7.89. The molecular formula is C25H29FN4O2. The maximum absolute atomic E-state index is 15.1. The molecule has 3 atom stereocenters. The van der Waals surface area contributed by atoms with Crippen LogP contribution in [-0.2, 0) is 4.79 Å². The monoisotopic (exact) mass is 436 g/mol. The Morgan fingerprint density at radius 1 is 1.19 bits per heavy atom. The normalized spacial score (nSPS) is 25.4. The molecule has 3 aliphatic heterocycles. The number of amidine groups is 1. The Morgan fingerprint density at radius 2 is 2.00 bits per heavy atom. The molecule has 3 aliphatic rings. The van der Waals surface area contributed by atoms with Crippen molar-refractivity contribution in [3.63, 3.8) is 0 Å². The first kappa shape index (κ1) is 20.9. The number of hydrogen-bond donors (Lipinski definition) is 1. The summed E-state index contributed by atoms with van der Waals surface area (Å²) >= 11 is 0. The first-order valence-corrected chi connectivity index (χ1v) is 11.2. The molecule has 0 aliphatic carbocycles. The largest absolute Gasteiger partial charge is 0.483 e. The predicted octanol–water partition coefficient (Wildman–Crippen LogP) is 3.89. The highest BCUT2D eigenvalue weighted by Gasteiger charge is 2.37. The van der Waals surface area contributed by atoms with Crippen molar-refractivity contribution in [2.24, 2.45) is 11.0 Å². The van der Waals surface area contributed by atoms with Gasteiger partial charge in [-0.15, -0.1) is 0 Å². The summed E-state index contributed by atoms with van der Waals surface area (Å²) in [5.74, 6) is 1.66. The fraction of sp³-hybridized carbons (Fsp3) is 0.440. The summed E-state index contributed by atoms with van der Waals surface area (Å²) < 4.78 is 21.2. The Kier molecular flexibility index (Phi) is 5.16. The number of nitrogens with zero attached hydrogens (tertiary/aromatic N) is 3. The van der Waals surface area contributed by atoms with Crippen LogP contribution >= 0.6 is 0 Å². The lowest BCUT2D eigenvalue weighted by molar-refractivity contribution is -0.122. The molecule has 1 amide bonds. The van der Waals surface area contributed by atoms with Gasteiger partial charge in [0.1, 0.15) is 24.2 Å². The minimum absolute atomic E-state index is 0.149. The molecule has 1 fully saturated rings. The van der Waals surface area contributed by atoms with Crippen molar-refractivity contribution in [3.05, 3.63) is 47.3 Å². The topological polar surface area (TPSA) is 57.2 Å². The van der Waals surface area contributed by atoms with Crippen LogP contribution in [0.15, 0.2) is 35.4 Å². The van der Waals surface area contributed by atoms with E-state index in [1.54, 1.807) is 6.07 Å². The van der Waals surface area contributed by atoms with E-state index in [0.717, 1.165) is 41.9 Å². The van der Waals surface area contributed by atoms with Crippen molar-refractivity contribution in [1.82, 2.24) is 10.3 Å². The molecule has 7 heteroatoms. The molecule has 0 radical (unpaired) electrons. The second-order valence-electron chi connectivity index (χ2n) is 9.36. The van der Waals surface area contributed by atoms with Gasteiger partial charge in [0.05, 0.1) is 5.69 Å². The van der Waals surface area contributed by atoms with E-state index in [9.17, 15) is 4.79 Å². The molecule has 3 unspecified atom stereocenters. The third kappa shape index (κ3) is 3.45. The third-order valence-electron chi connectivity index (χ3n) is 7.01. The molecule has 2 aromatic carbocycles. The zero-order chi connectivity index (χ0) is 22.6. The number of piperidine rings is 1. The summed E-state index contributed by atoms with van der Waals surface area (Å²) in [5, 5.41) is 4.20. The van der Waals surface area contributed by atoms with E-state index < -0.39 is 6.04 Å². The van der Waals surface area contributed by atoms with Gasteiger partial charge in [0.15, 0.2) is 5.84 Å². The highest BCUT2D eigenvalue weighted by molar-refractivity contribution is 6.09.